The zero-order chi connectivity index (χ0) is 10.6. The molecular formula is C8H14N4OS. The molecule has 14 heavy (non-hydrogen) atoms. The molecule has 0 saturated heterocycles. The maximum atomic E-state index is 9.30. The first-order valence-electron chi connectivity index (χ1n) is 4.28. The zero-order valence-electron chi connectivity index (χ0n) is 8.14. The van der Waals surface area contributed by atoms with Gasteiger partial charge in [-0.05, 0) is 13.0 Å². The topological polar surface area (TPSA) is 84.1 Å². The maximum absolute atomic E-state index is 9.30. The van der Waals surface area contributed by atoms with Crippen molar-refractivity contribution in [3.63, 3.8) is 0 Å². The van der Waals surface area contributed by atoms with Crippen LogP contribution in [0.2, 0.25) is 0 Å². The standard InChI is InChI=1S/C8H14N4OS/c1-5(13)6(2)14-7-3-4-10-8(11-7)12-9/h3-6,13H,9H2,1-2H3,(H,10,11,12). The molecule has 6 heteroatoms. The lowest BCUT2D eigenvalue weighted by atomic mass is 10.3. The van der Waals surface area contributed by atoms with E-state index in [-0.39, 0.29) is 11.4 Å². The van der Waals surface area contributed by atoms with Crippen LogP contribution in [0, 0.1) is 0 Å². The second kappa shape index (κ2) is 5.14. The average molecular weight is 214 g/mol. The Balaban J connectivity index is 2.66. The van der Waals surface area contributed by atoms with Crippen LogP contribution in [-0.4, -0.2) is 26.4 Å². The van der Waals surface area contributed by atoms with Crippen molar-refractivity contribution in [2.24, 2.45) is 5.84 Å². The number of aliphatic hydroxyl groups is 1. The van der Waals surface area contributed by atoms with Crippen LogP contribution in [0.15, 0.2) is 17.3 Å². The Morgan fingerprint density at radius 3 is 2.86 bits per heavy atom. The van der Waals surface area contributed by atoms with Gasteiger partial charge in [0.25, 0.3) is 0 Å². The molecule has 0 aliphatic heterocycles. The highest BCUT2D eigenvalue weighted by molar-refractivity contribution is 7.99. The number of hydrogen-bond acceptors (Lipinski definition) is 6. The predicted octanol–water partition coefficient (Wildman–Crippen LogP) is 0.624. The molecule has 0 aromatic carbocycles. The maximum Gasteiger partial charge on any atom is 0.238 e. The van der Waals surface area contributed by atoms with Crippen molar-refractivity contribution < 1.29 is 5.11 Å². The third kappa shape index (κ3) is 3.13. The number of aromatic nitrogens is 2. The van der Waals surface area contributed by atoms with Crippen LogP contribution in [0.3, 0.4) is 0 Å². The van der Waals surface area contributed by atoms with Gasteiger partial charge in [-0.3, -0.25) is 5.43 Å². The Bertz CT molecular complexity index is 294. The van der Waals surface area contributed by atoms with Crippen LogP contribution in [0.4, 0.5) is 5.95 Å². The van der Waals surface area contributed by atoms with E-state index in [4.69, 9.17) is 5.84 Å². The number of aliphatic hydroxyl groups excluding tert-OH is 1. The quantitative estimate of drug-likeness (QED) is 0.295. The normalized spacial score (nSPS) is 14.9. The summed E-state index contributed by atoms with van der Waals surface area (Å²) in [6, 6.07) is 1.78. The summed E-state index contributed by atoms with van der Waals surface area (Å²) in [5.74, 6) is 5.56. The molecule has 0 spiro atoms. The number of nitrogens with zero attached hydrogens (tertiary/aromatic N) is 2. The van der Waals surface area contributed by atoms with Crippen LogP contribution in [0.5, 0.6) is 0 Å². The summed E-state index contributed by atoms with van der Waals surface area (Å²) in [6.45, 7) is 3.69. The van der Waals surface area contributed by atoms with E-state index >= 15 is 0 Å². The fourth-order valence-corrected chi connectivity index (χ4v) is 1.62. The molecule has 0 aliphatic carbocycles. The fourth-order valence-electron chi connectivity index (χ4n) is 0.766. The van der Waals surface area contributed by atoms with Crippen LogP contribution in [-0.2, 0) is 0 Å². The second-order valence-electron chi connectivity index (χ2n) is 2.93. The number of anilines is 1. The molecule has 78 valence electrons. The number of nitrogens with two attached hydrogens (primary N) is 1. The summed E-state index contributed by atoms with van der Waals surface area (Å²) in [4.78, 5) is 8.01. The van der Waals surface area contributed by atoms with Crippen molar-refractivity contribution >= 4 is 17.7 Å². The first-order valence-corrected chi connectivity index (χ1v) is 5.16. The molecule has 2 unspecified atom stereocenters. The molecule has 1 aromatic heterocycles. The molecule has 1 heterocycles. The van der Waals surface area contributed by atoms with E-state index in [1.54, 1.807) is 19.2 Å². The van der Waals surface area contributed by atoms with Crippen molar-refractivity contribution in [1.29, 1.82) is 0 Å². The lowest BCUT2D eigenvalue weighted by Gasteiger charge is -2.13. The van der Waals surface area contributed by atoms with Crippen LogP contribution < -0.4 is 11.3 Å². The number of hydrogen-bond donors (Lipinski definition) is 3. The van der Waals surface area contributed by atoms with Crippen molar-refractivity contribution in [3.8, 4) is 0 Å². The summed E-state index contributed by atoms with van der Waals surface area (Å²) >= 11 is 1.48. The number of nitrogens with one attached hydrogen (secondary N) is 1. The summed E-state index contributed by atoms with van der Waals surface area (Å²) < 4.78 is 0. The smallest absolute Gasteiger partial charge is 0.238 e. The third-order valence-corrected chi connectivity index (χ3v) is 2.98. The summed E-state index contributed by atoms with van der Waals surface area (Å²) in [7, 11) is 0. The van der Waals surface area contributed by atoms with Gasteiger partial charge in [-0.25, -0.2) is 15.8 Å². The molecule has 0 aliphatic rings. The van der Waals surface area contributed by atoms with E-state index in [0.717, 1.165) is 5.03 Å². The van der Waals surface area contributed by atoms with Gasteiger partial charge in [-0.15, -0.1) is 11.8 Å². The Hall–Kier alpha value is -0.850. The number of nitrogen functional groups attached to an aromatic ring is 1. The third-order valence-electron chi connectivity index (χ3n) is 1.75. The van der Waals surface area contributed by atoms with E-state index in [0.29, 0.717) is 5.95 Å². The first-order chi connectivity index (χ1) is 6.63. The van der Waals surface area contributed by atoms with E-state index in [9.17, 15) is 5.11 Å². The van der Waals surface area contributed by atoms with E-state index in [2.05, 4.69) is 15.4 Å². The number of thioether (sulfide) groups is 1. The highest BCUT2D eigenvalue weighted by atomic mass is 32.2. The Morgan fingerprint density at radius 2 is 2.29 bits per heavy atom. The molecule has 4 N–H and O–H groups in total. The molecule has 0 radical (unpaired) electrons. The number of rotatable bonds is 4. The molecule has 1 aromatic rings. The second-order valence-corrected chi connectivity index (χ2v) is 4.32. The molecule has 0 amide bonds. The monoisotopic (exact) mass is 214 g/mol. The Labute approximate surface area is 87.1 Å². The molecule has 2 atom stereocenters. The van der Waals surface area contributed by atoms with Crippen LogP contribution in [0.25, 0.3) is 0 Å². The molecule has 0 fully saturated rings. The number of hydrazine groups is 1. The van der Waals surface area contributed by atoms with Crippen molar-refractivity contribution in [1.82, 2.24) is 9.97 Å². The largest absolute Gasteiger partial charge is 0.392 e. The SMILES string of the molecule is CC(O)C(C)Sc1ccnc(NN)n1. The van der Waals surface area contributed by atoms with Gasteiger partial charge in [0.15, 0.2) is 0 Å². The lowest BCUT2D eigenvalue weighted by Crippen LogP contribution is -2.15. The minimum atomic E-state index is -0.371. The van der Waals surface area contributed by atoms with Gasteiger partial charge in [0.1, 0.15) is 5.03 Å². The highest BCUT2D eigenvalue weighted by Crippen LogP contribution is 2.23. The zero-order valence-corrected chi connectivity index (χ0v) is 8.95. The highest BCUT2D eigenvalue weighted by Gasteiger charge is 2.11. The molecule has 5 nitrogen and oxygen atoms in total. The molecular weight excluding hydrogens is 200 g/mol. The van der Waals surface area contributed by atoms with Crippen LogP contribution >= 0.6 is 11.8 Å². The Morgan fingerprint density at radius 1 is 1.57 bits per heavy atom. The van der Waals surface area contributed by atoms with Gasteiger partial charge in [0, 0.05) is 11.4 Å². The van der Waals surface area contributed by atoms with E-state index in [1.807, 2.05) is 6.92 Å². The predicted molar refractivity (Wildman–Crippen MR) is 56.8 cm³/mol. The van der Waals surface area contributed by atoms with Gasteiger partial charge in [0.2, 0.25) is 5.95 Å². The summed E-state index contributed by atoms with van der Waals surface area (Å²) in [5, 5.41) is 10.2. The summed E-state index contributed by atoms with van der Waals surface area (Å²) in [5.41, 5.74) is 2.37. The van der Waals surface area contributed by atoms with Gasteiger partial charge in [-0.2, -0.15) is 0 Å². The minimum absolute atomic E-state index is 0.0931. The average Bonchev–Trinajstić information content (AvgIpc) is 2.18. The van der Waals surface area contributed by atoms with Crippen molar-refractivity contribution in [2.75, 3.05) is 5.43 Å². The minimum Gasteiger partial charge on any atom is -0.392 e. The molecule has 0 bridgehead atoms. The molecule has 0 saturated carbocycles. The van der Waals surface area contributed by atoms with E-state index < -0.39 is 0 Å². The summed E-state index contributed by atoms with van der Waals surface area (Å²) in [6.07, 6.45) is 1.25. The lowest BCUT2D eigenvalue weighted by molar-refractivity contribution is 0.196. The van der Waals surface area contributed by atoms with Crippen molar-refractivity contribution in [3.05, 3.63) is 12.3 Å². The molecule has 1 rings (SSSR count). The van der Waals surface area contributed by atoms with Gasteiger partial charge >= 0.3 is 0 Å². The Kier molecular flexibility index (Phi) is 4.12. The van der Waals surface area contributed by atoms with Crippen molar-refractivity contribution in [2.45, 2.75) is 30.2 Å². The van der Waals surface area contributed by atoms with Crippen LogP contribution in [0.1, 0.15) is 13.8 Å². The van der Waals surface area contributed by atoms with Gasteiger partial charge < -0.3 is 5.11 Å². The fraction of sp³-hybridized carbons (Fsp3) is 0.500. The van der Waals surface area contributed by atoms with E-state index in [1.165, 1.54) is 11.8 Å². The van der Waals surface area contributed by atoms with Gasteiger partial charge in [-0.1, -0.05) is 6.92 Å². The van der Waals surface area contributed by atoms with Gasteiger partial charge in [0.05, 0.1) is 6.10 Å². The first kappa shape index (κ1) is 11.2.